The van der Waals surface area contributed by atoms with Gasteiger partial charge in [0.25, 0.3) is 0 Å². The van der Waals surface area contributed by atoms with E-state index < -0.39 is 0 Å². The Bertz CT molecular complexity index is 166. The molecule has 0 aliphatic carbocycles. The fraction of sp³-hybridized carbons (Fsp3) is 0.786. The first-order valence-electron chi connectivity index (χ1n) is 6.46. The van der Waals surface area contributed by atoms with E-state index in [0.717, 1.165) is 6.42 Å². The van der Waals surface area contributed by atoms with Crippen LogP contribution in [0.25, 0.3) is 0 Å². The molecule has 0 bridgehead atoms. The van der Waals surface area contributed by atoms with Gasteiger partial charge in [-0.2, -0.15) is 0 Å². The van der Waals surface area contributed by atoms with E-state index in [-0.39, 0.29) is 35.3 Å². The zero-order chi connectivity index (χ0) is 11.4. The first kappa shape index (κ1) is 18.8. The van der Waals surface area contributed by atoms with Crippen molar-refractivity contribution in [3.63, 3.8) is 0 Å². The number of carbonyl (C=O) groups is 1. The molecule has 0 aromatic rings. The average Bonchev–Trinajstić information content (AvgIpc) is 2.26. The van der Waals surface area contributed by atoms with Crippen molar-refractivity contribution in [2.24, 2.45) is 0 Å². The second-order valence-corrected chi connectivity index (χ2v) is 4.25. The van der Waals surface area contributed by atoms with Gasteiger partial charge in [-0.3, -0.25) is 4.79 Å². The molecule has 0 unspecified atom stereocenters. The van der Waals surface area contributed by atoms with Gasteiger partial charge in [0.2, 0.25) is 0 Å². The minimum Gasteiger partial charge on any atom is -0.295 e. The Morgan fingerprint density at radius 3 is 1.81 bits per heavy atom. The van der Waals surface area contributed by atoms with Crippen molar-refractivity contribution in [2.75, 3.05) is 0 Å². The van der Waals surface area contributed by atoms with Crippen LogP contribution in [-0.2, 0) is 4.79 Å². The molecule has 16 heavy (non-hydrogen) atoms. The minimum atomic E-state index is 0. The molecule has 89 valence electrons. The number of unbranched alkanes of at least 4 members (excludes halogenated alkanes) is 8. The molecule has 0 saturated carbocycles. The van der Waals surface area contributed by atoms with Crippen LogP contribution in [-0.4, -0.2) is 35.3 Å². The molecule has 0 aliphatic rings. The van der Waals surface area contributed by atoms with Gasteiger partial charge in [-0.15, -0.1) is 0 Å². The summed E-state index contributed by atoms with van der Waals surface area (Å²) in [7, 11) is 0. The van der Waals surface area contributed by atoms with Crippen molar-refractivity contribution in [1.82, 2.24) is 0 Å². The maximum Gasteiger partial charge on any atom is 0.155 e. The van der Waals surface area contributed by atoms with Gasteiger partial charge in [-0.1, -0.05) is 64.9 Å². The summed E-state index contributed by atoms with van der Waals surface area (Å²) in [6.45, 7) is 5.71. The third-order valence-corrected chi connectivity index (χ3v) is 2.75. The van der Waals surface area contributed by atoms with E-state index in [1.165, 1.54) is 57.4 Å². The molecule has 1 radical (unpaired) electrons. The third kappa shape index (κ3) is 14.4. The van der Waals surface area contributed by atoms with Crippen LogP contribution < -0.4 is 0 Å². The summed E-state index contributed by atoms with van der Waals surface area (Å²) in [4.78, 5) is 10.9. The van der Waals surface area contributed by atoms with Gasteiger partial charge in [-0.25, -0.2) is 0 Å². The fourth-order valence-electron chi connectivity index (χ4n) is 1.71. The van der Waals surface area contributed by atoms with Crippen molar-refractivity contribution in [3.05, 3.63) is 12.7 Å². The maximum absolute atomic E-state index is 10.9. The standard InChI is InChI=1S/C14H26O.Na/c1-3-5-6-7-8-9-10-11-12-13-14(15)4-2;/h4H,2-3,5-13H2,1H3;. The predicted molar refractivity (Wildman–Crippen MR) is 72.8 cm³/mol. The Morgan fingerprint density at radius 1 is 0.938 bits per heavy atom. The van der Waals surface area contributed by atoms with Gasteiger partial charge >= 0.3 is 0 Å². The van der Waals surface area contributed by atoms with E-state index in [1.807, 2.05) is 0 Å². The SMILES string of the molecule is C=CC(=O)CCCCCCCCCCC.[Na]. The Kier molecular flexibility index (Phi) is 18.1. The summed E-state index contributed by atoms with van der Waals surface area (Å²) in [5, 5.41) is 0. The van der Waals surface area contributed by atoms with Crippen molar-refractivity contribution in [1.29, 1.82) is 0 Å². The summed E-state index contributed by atoms with van der Waals surface area (Å²) < 4.78 is 0. The van der Waals surface area contributed by atoms with Crippen LogP contribution in [0, 0.1) is 0 Å². The van der Waals surface area contributed by atoms with E-state index in [0.29, 0.717) is 6.42 Å². The zero-order valence-corrected chi connectivity index (χ0v) is 13.3. The number of hydrogen-bond donors (Lipinski definition) is 0. The Hall–Kier alpha value is 0.410. The van der Waals surface area contributed by atoms with E-state index in [1.54, 1.807) is 0 Å². The van der Waals surface area contributed by atoms with Gasteiger partial charge in [-0.05, 0) is 12.5 Å². The summed E-state index contributed by atoms with van der Waals surface area (Å²) in [6, 6.07) is 0. The van der Waals surface area contributed by atoms with E-state index >= 15 is 0 Å². The molecular formula is C14H26NaO. The molecule has 0 aromatic carbocycles. The smallest absolute Gasteiger partial charge is 0.155 e. The molecule has 0 fully saturated rings. The summed E-state index contributed by atoms with van der Waals surface area (Å²) in [6.07, 6.45) is 13.9. The molecule has 2 heteroatoms. The first-order valence-corrected chi connectivity index (χ1v) is 6.46. The molecule has 0 aliphatic heterocycles. The van der Waals surface area contributed by atoms with Crippen LogP contribution in [0.15, 0.2) is 12.7 Å². The van der Waals surface area contributed by atoms with Crippen molar-refractivity contribution in [2.45, 2.75) is 71.1 Å². The topological polar surface area (TPSA) is 17.1 Å². The Morgan fingerprint density at radius 2 is 1.38 bits per heavy atom. The molecule has 0 N–H and O–H groups in total. The predicted octanol–water partition coefficient (Wildman–Crippen LogP) is 4.28. The summed E-state index contributed by atoms with van der Waals surface area (Å²) >= 11 is 0. The van der Waals surface area contributed by atoms with Gasteiger partial charge in [0.1, 0.15) is 0 Å². The fourth-order valence-corrected chi connectivity index (χ4v) is 1.71. The maximum atomic E-state index is 10.9. The number of allylic oxidation sites excluding steroid dienone is 1. The largest absolute Gasteiger partial charge is 0.295 e. The molecule has 0 spiro atoms. The van der Waals surface area contributed by atoms with Crippen LogP contribution in [0.5, 0.6) is 0 Å². The van der Waals surface area contributed by atoms with Crippen molar-refractivity contribution < 1.29 is 4.79 Å². The molecule has 0 amide bonds. The van der Waals surface area contributed by atoms with Crippen molar-refractivity contribution in [3.8, 4) is 0 Å². The van der Waals surface area contributed by atoms with E-state index in [2.05, 4.69) is 13.5 Å². The molecular weight excluding hydrogens is 207 g/mol. The Labute approximate surface area is 123 Å². The molecule has 0 heterocycles. The summed E-state index contributed by atoms with van der Waals surface area (Å²) in [5.74, 6) is 0.193. The molecule has 0 atom stereocenters. The molecule has 0 saturated heterocycles. The average molecular weight is 233 g/mol. The van der Waals surface area contributed by atoms with Gasteiger partial charge < -0.3 is 0 Å². The van der Waals surface area contributed by atoms with E-state index in [9.17, 15) is 4.79 Å². The van der Waals surface area contributed by atoms with Gasteiger partial charge in [0.05, 0.1) is 0 Å². The first-order chi connectivity index (χ1) is 7.31. The molecule has 1 nitrogen and oxygen atoms in total. The van der Waals surface area contributed by atoms with Crippen LogP contribution in [0.4, 0.5) is 0 Å². The van der Waals surface area contributed by atoms with Crippen LogP contribution >= 0.6 is 0 Å². The summed E-state index contributed by atoms with van der Waals surface area (Å²) in [5.41, 5.74) is 0. The Balaban J connectivity index is 0. The third-order valence-electron chi connectivity index (χ3n) is 2.75. The van der Waals surface area contributed by atoms with Gasteiger partial charge in [0.15, 0.2) is 5.78 Å². The van der Waals surface area contributed by atoms with Crippen LogP contribution in [0.2, 0.25) is 0 Å². The normalized spacial score (nSPS) is 9.56. The van der Waals surface area contributed by atoms with E-state index in [4.69, 9.17) is 0 Å². The van der Waals surface area contributed by atoms with Crippen molar-refractivity contribution >= 4 is 35.3 Å². The molecule has 0 rings (SSSR count). The number of carbonyl (C=O) groups excluding carboxylic acids is 1. The quantitative estimate of drug-likeness (QED) is 0.296. The monoisotopic (exact) mass is 233 g/mol. The number of ketones is 1. The molecule has 0 aromatic heterocycles. The van der Waals surface area contributed by atoms with Gasteiger partial charge in [0, 0.05) is 36.0 Å². The number of rotatable bonds is 11. The zero-order valence-electron chi connectivity index (χ0n) is 11.3. The van der Waals surface area contributed by atoms with Crippen LogP contribution in [0.3, 0.4) is 0 Å². The number of hydrogen-bond acceptors (Lipinski definition) is 1. The second-order valence-electron chi connectivity index (χ2n) is 4.25. The second kappa shape index (κ2) is 15.4. The minimum absolute atomic E-state index is 0. The van der Waals surface area contributed by atoms with Crippen LogP contribution in [0.1, 0.15) is 71.1 Å².